The van der Waals surface area contributed by atoms with Crippen LogP contribution in [-0.2, 0) is 5.54 Å². The molecule has 0 bridgehead atoms. The van der Waals surface area contributed by atoms with E-state index in [9.17, 15) is 4.79 Å². The number of aromatic amines is 1. The molecule has 0 unspecified atom stereocenters. The number of H-pyrrole nitrogens is 1. The minimum atomic E-state index is -0.0779. The van der Waals surface area contributed by atoms with Crippen LogP contribution in [0.25, 0.3) is 11.2 Å². The average molecular weight is 205 g/mol. The third-order valence-electron chi connectivity index (χ3n) is 2.39. The summed E-state index contributed by atoms with van der Waals surface area (Å²) in [5.74, 6) is 0. The minimum Gasteiger partial charge on any atom is -0.343 e. The molecule has 0 amide bonds. The van der Waals surface area contributed by atoms with Crippen molar-refractivity contribution in [3.8, 4) is 0 Å². The second-order valence-electron chi connectivity index (χ2n) is 4.80. The van der Waals surface area contributed by atoms with Crippen LogP contribution in [0.1, 0.15) is 26.5 Å². The summed E-state index contributed by atoms with van der Waals surface area (Å²) < 4.78 is 1.98. The summed E-state index contributed by atoms with van der Waals surface area (Å²) >= 11 is 0. The molecule has 2 rings (SSSR count). The molecule has 1 N–H and O–H groups in total. The lowest BCUT2D eigenvalue weighted by Crippen LogP contribution is -2.21. The molecule has 2 aromatic rings. The molecule has 0 spiro atoms. The van der Waals surface area contributed by atoms with Crippen molar-refractivity contribution in [3.63, 3.8) is 0 Å². The Labute approximate surface area is 88.0 Å². The van der Waals surface area contributed by atoms with Gasteiger partial charge in [0.15, 0.2) is 5.52 Å². The first-order valence-corrected chi connectivity index (χ1v) is 4.97. The number of hydrogen-bond donors (Lipinski definition) is 1. The van der Waals surface area contributed by atoms with Crippen LogP contribution >= 0.6 is 0 Å². The fraction of sp³-hybridized carbons (Fsp3) is 0.455. The van der Waals surface area contributed by atoms with Gasteiger partial charge in [-0.15, -0.1) is 0 Å². The first kappa shape index (κ1) is 9.96. The lowest BCUT2D eigenvalue weighted by atomic mass is 10.1. The van der Waals surface area contributed by atoms with Crippen LogP contribution in [0.4, 0.5) is 0 Å². The number of rotatable bonds is 0. The first-order chi connectivity index (χ1) is 6.89. The summed E-state index contributed by atoms with van der Waals surface area (Å²) in [5, 5.41) is 0. The van der Waals surface area contributed by atoms with E-state index in [0.29, 0.717) is 5.52 Å². The molecule has 4 nitrogen and oxygen atoms in total. The van der Waals surface area contributed by atoms with Crippen LogP contribution in [0.2, 0.25) is 0 Å². The third kappa shape index (κ3) is 1.56. The molecular formula is C11H15N3O. The maximum absolute atomic E-state index is 11.6. The Kier molecular flexibility index (Phi) is 1.96. The van der Waals surface area contributed by atoms with Gasteiger partial charge in [-0.3, -0.25) is 4.79 Å². The van der Waals surface area contributed by atoms with E-state index in [4.69, 9.17) is 0 Å². The van der Waals surface area contributed by atoms with Gasteiger partial charge in [0.25, 0.3) is 0 Å². The highest BCUT2D eigenvalue weighted by Gasteiger charge is 2.17. The summed E-state index contributed by atoms with van der Waals surface area (Å²) in [6.45, 7) is 8.11. The highest BCUT2D eigenvalue weighted by Crippen LogP contribution is 2.18. The summed E-state index contributed by atoms with van der Waals surface area (Å²) in [7, 11) is 0. The van der Waals surface area contributed by atoms with Crippen molar-refractivity contribution < 1.29 is 0 Å². The quantitative estimate of drug-likeness (QED) is 0.712. The zero-order valence-corrected chi connectivity index (χ0v) is 9.46. The smallest absolute Gasteiger partial charge is 0.209 e. The van der Waals surface area contributed by atoms with Gasteiger partial charge in [-0.05, 0) is 27.7 Å². The summed E-state index contributed by atoms with van der Waals surface area (Å²) in [4.78, 5) is 19.0. The van der Waals surface area contributed by atoms with Crippen molar-refractivity contribution in [1.82, 2.24) is 14.5 Å². The number of aromatic nitrogens is 3. The van der Waals surface area contributed by atoms with Gasteiger partial charge in [0.05, 0.1) is 6.33 Å². The van der Waals surface area contributed by atoms with Crippen molar-refractivity contribution in [3.05, 3.63) is 28.3 Å². The van der Waals surface area contributed by atoms with Crippen LogP contribution in [0, 0.1) is 6.92 Å². The number of nitrogens with one attached hydrogen (secondary N) is 1. The standard InChI is InChI=1S/C11H15N3O/c1-7-5-8(15)9-10(13-7)14(6-12-9)11(2,3)4/h5-6H,1-4H3,(H,13,15). The molecule has 0 aliphatic rings. The topological polar surface area (TPSA) is 50.7 Å². The van der Waals surface area contributed by atoms with Crippen LogP contribution in [0.5, 0.6) is 0 Å². The van der Waals surface area contributed by atoms with Crippen LogP contribution < -0.4 is 5.43 Å². The number of aryl methyl sites for hydroxylation is 1. The lowest BCUT2D eigenvalue weighted by molar-refractivity contribution is 0.406. The SMILES string of the molecule is Cc1cc(=O)c2ncn(C(C)(C)C)c2[nH]1. The number of pyridine rings is 1. The fourth-order valence-corrected chi connectivity index (χ4v) is 1.64. The molecule has 4 heteroatoms. The van der Waals surface area contributed by atoms with Crippen LogP contribution in [-0.4, -0.2) is 14.5 Å². The molecular weight excluding hydrogens is 190 g/mol. The molecule has 0 saturated carbocycles. The van der Waals surface area contributed by atoms with Crippen LogP contribution in [0.3, 0.4) is 0 Å². The second-order valence-corrected chi connectivity index (χ2v) is 4.80. The predicted molar refractivity (Wildman–Crippen MR) is 60.1 cm³/mol. The first-order valence-electron chi connectivity index (χ1n) is 4.97. The molecule has 0 fully saturated rings. The molecule has 0 aliphatic heterocycles. The number of hydrogen-bond acceptors (Lipinski definition) is 2. The van der Waals surface area contributed by atoms with Gasteiger partial charge in [-0.2, -0.15) is 0 Å². The van der Waals surface area contributed by atoms with E-state index in [1.54, 1.807) is 12.4 Å². The summed E-state index contributed by atoms with van der Waals surface area (Å²) in [5.41, 5.74) is 2.07. The lowest BCUT2D eigenvalue weighted by Gasteiger charge is -2.21. The summed E-state index contributed by atoms with van der Waals surface area (Å²) in [6.07, 6.45) is 1.71. The van der Waals surface area contributed by atoms with E-state index >= 15 is 0 Å². The maximum atomic E-state index is 11.6. The van der Waals surface area contributed by atoms with E-state index < -0.39 is 0 Å². The van der Waals surface area contributed by atoms with Crippen molar-refractivity contribution in [1.29, 1.82) is 0 Å². The number of nitrogens with zero attached hydrogens (tertiary/aromatic N) is 2. The van der Waals surface area contributed by atoms with E-state index in [0.717, 1.165) is 11.3 Å². The molecule has 0 atom stereocenters. The average Bonchev–Trinajstić information content (AvgIpc) is 2.45. The minimum absolute atomic E-state index is 0.0238. The van der Waals surface area contributed by atoms with Gasteiger partial charge in [-0.25, -0.2) is 4.98 Å². The van der Waals surface area contributed by atoms with Crippen molar-refractivity contribution in [2.75, 3.05) is 0 Å². The Bertz CT molecular complexity index is 557. The Morgan fingerprint density at radius 1 is 1.40 bits per heavy atom. The third-order valence-corrected chi connectivity index (χ3v) is 2.39. The van der Waals surface area contributed by atoms with Crippen molar-refractivity contribution in [2.24, 2.45) is 0 Å². The van der Waals surface area contributed by atoms with Gasteiger partial charge >= 0.3 is 0 Å². The molecule has 2 heterocycles. The van der Waals surface area contributed by atoms with E-state index in [1.165, 1.54) is 0 Å². The Morgan fingerprint density at radius 2 is 2.07 bits per heavy atom. The molecule has 15 heavy (non-hydrogen) atoms. The molecule has 80 valence electrons. The van der Waals surface area contributed by atoms with Crippen LogP contribution in [0.15, 0.2) is 17.2 Å². The largest absolute Gasteiger partial charge is 0.343 e. The normalized spacial score (nSPS) is 12.3. The van der Waals surface area contributed by atoms with Crippen molar-refractivity contribution >= 4 is 11.2 Å². The van der Waals surface area contributed by atoms with E-state index in [1.807, 2.05) is 11.5 Å². The van der Waals surface area contributed by atoms with Gasteiger partial charge in [0, 0.05) is 17.3 Å². The highest BCUT2D eigenvalue weighted by atomic mass is 16.1. The van der Waals surface area contributed by atoms with Gasteiger partial charge in [0.1, 0.15) is 5.65 Å². The van der Waals surface area contributed by atoms with Crippen molar-refractivity contribution in [2.45, 2.75) is 33.2 Å². The zero-order chi connectivity index (χ0) is 11.2. The Hall–Kier alpha value is -1.58. The van der Waals surface area contributed by atoms with Gasteiger partial charge < -0.3 is 9.55 Å². The molecule has 0 saturated heterocycles. The van der Waals surface area contributed by atoms with Gasteiger partial charge in [0.2, 0.25) is 5.43 Å². The predicted octanol–water partition coefficient (Wildman–Crippen LogP) is 1.79. The zero-order valence-electron chi connectivity index (χ0n) is 9.46. The van der Waals surface area contributed by atoms with E-state index in [2.05, 4.69) is 30.7 Å². The Morgan fingerprint density at radius 3 is 2.67 bits per heavy atom. The molecule has 0 aromatic carbocycles. The number of fused-ring (bicyclic) bond motifs is 1. The molecule has 2 aromatic heterocycles. The monoisotopic (exact) mass is 205 g/mol. The number of imidazole rings is 1. The maximum Gasteiger partial charge on any atom is 0.209 e. The fourth-order valence-electron chi connectivity index (χ4n) is 1.64. The second kappa shape index (κ2) is 2.95. The summed E-state index contributed by atoms with van der Waals surface area (Å²) in [6, 6.07) is 1.57. The van der Waals surface area contributed by atoms with E-state index in [-0.39, 0.29) is 11.0 Å². The Balaban J connectivity index is 2.86. The highest BCUT2D eigenvalue weighted by molar-refractivity contribution is 5.70. The molecule has 0 radical (unpaired) electrons. The molecule has 0 aliphatic carbocycles. The van der Waals surface area contributed by atoms with Gasteiger partial charge in [-0.1, -0.05) is 0 Å².